The van der Waals surface area contributed by atoms with E-state index in [0.717, 1.165) is 51.4 Å². The number of ether oxygens (including phenoxy) is 5. The minimum atomic E-state index is -0.937. The molecule has 0 aromatic carbocycles. The molecular weight excluding hydrogens is 312 g/mol. The zero-order valence-corrected chi connectivity index (χ0v) is 14.2. The summed E-state index contributed by atoms with van der Waals surface area (Å²) in [6.07, 6.45) is 8.64. The number of hydrogen-bond donors (Lipinski definition) is 1. The smallest absolute Gasteiger partial charge is 0.184 e. The first-order valence-corrected chi connectivity index (χ1v) is 9.70. The molecule has 5 aliphatic rings. The summed E-state index contributed by atoms with van der Waals surface area (Å²) in [4.78, 5) is 0. The molecule has 0 bridgehead atoms. The van der Waals surface area contributed by atoms with Crippen LogP contribution in [0, 0.1) is 0 Å². The molecular formula is C18H28O6. The Morgan fingerprint density at radius 1 is 0.667 bits per heavy atom. The molecule has 2 aliphatic carbocycles. The monoisotopic (exact) mass is 340 g/mol. The summed E-state index contributed by atoms with van der Waals surface area (Å²) in [5.41, 5.74) is 0. The van der Waals surface area contributed by atoms with Gasteiger partial charge in [-0.2, -0.15) is 0 Å². The second-order valence-corrected chi connectivity index (χ2v) is 8.07. The van der Waals surface area contributed by atoms with E-state index in [2.05, 4.69) is 0 Å². The first kappa shape index (κ1) is 16.0. The van der Waals surface area contributed by atoms with E-state index in [1.165, 1.54) is 12.8 Å². The van der Waals surface area contributed by atoms with Crippen LogP contribution in [0.3, 0.4) is 0 Å². The third kappa shape index (κ3) is 2.54. The van der Waals surface area contributed by atoms with Crippen molar-refractivity contribution in [3.05, 3.63) is 0 Å². The molecule has 6 nitrogen and oxygen atoms in total. The maximum absolute atomic E-state index is 10.3. The van der Waals surface area contributed by atoms with Crippen LogP contribution < -0.4 is 0 Å². The van der Waals surface area contributed by atoms with Gasteiger partial charge in [0.25, 0.3) is 0 Å². The predicted molar refractivity (Wildman–Crippen MR) is 83.1 cm³/mol. The first-order valence-electron chi connectivity index (χ1n) is 9.70. The Kier molecular flexibility index (Phi) is 3.92. The highest BCUT2D eigenvalue weighted by Crippen LogP contribution is 2.48. The van der Waals surface area contributed by atoms with E-state index in [-0.39, 0.29) is 18.3 Å². The van der Waals surface area contributed by atoms with Gasteiger partial charge in [-0.3, -0.25) is 0 Å². The van der Waals surface area contributed by atoms with Gasteiger partial charge < -0.3 is 28.8 Å². The average molecular weight is 340 g/mol. The van der Waals surface area contributed by atoms with Gasteiger partial charge in [-0.15, -0.1) is 0 Å². The highest BCUT2D eigenvalue weighted by atomic mass is 16.8. The van der Waals surface area contributed by atoms with E-state index < -0.39 is 24.0 Å². The van der Waals surface area contributed by atoms with Crippen LogP contribution in [0.15, 0.2) is 0 Å². The van der Waals surface area contributed by atoms with Crippen molar-refractivity contribution in [3.63, 3.8) is 0 Å². The van der Waals surface area contributed by atoms with Crippen LogP contribution in [0.1, 0.15) is 64.2 Å². The van der Waals surface area contributed by atoms with Gasteiger partial charge in [0.15, 0.2) is 17.9 Å². The van der Waals surface area contributed by atoms with E-state index in [0.29, 0.717) is 6.61 Å². The molecule has 0 amide bonds. The molecule has 5 fully saturated rings. The number of aliphatic hydroxyl groups is 1. The number of rotatable bonds is 1. The SMILES string of the molecule is O[C@@H]1O[C@H]([C@@H]2COC3(CCCCC3)O2)[C@H]2OC3(CCCCC3)O[C@@H]21. The Morgan fingerprint density at radius 2 is 1.29 bits per heavy atom. The normalized spacial score (nSPS) is 46.6. The highest BCUT2D eigenvalue weighted by molar-refractivity contribution is 5.01. The third-order valence-corrected chi connectivity index (χ3v) is 6.40. The molecule has 3 saturated heterocycles. The van der Waals surface area contributed by atoms with E-state index in [1.54, 1.807) is 0 Å². The van der Waals surface area contributed by atoms with Crippen LogP contribution in [-0.2, 0) is 23.7 Å². The Morgan fingerprint density at radius 3 is 2.00 bits per heavy atom. The zero-order valence-electron chi connectivity index (χ0n) is 14.2. The van der Waals surface area contributed by atoms with Gasteiger partial charge in [0.05, 0.1) is 6.61 Å². The molecule has 0 aromatic rings. The molecule has 0 aromatic heterocycles. The lowest BCUT2D eigenvalue weighted by Crippen LogP contribution is -2.43. The molecule has 6 heteroatoms. The summed E-state index contributed by atoms with van der Waals surface area (Å²) in [5, 5.41) is 10.3. The fraction of sp³-hybridized carbons (Fsp3) is 1.00. The van der Waals surface area contributed by atoms with Crippen molar-refractivity contribution >= 4 is 0 Å². The van der Waals surface area contributed by atoms with Gasteiger partial charge >= 0.3 is 0 Å². The lowest BCUT2D eigenvalue weighted by atomic mass is 9.94. The van der Waals surface area contributed by atoms with Gasteiger partial charge in [0.1, 0.15) is 24.4 Å². The van der Waals surface area contributed by atoms with Crippen molar-refractivity contribution in [3.8, 4) is 0 Å². The van der Waals surface area contributed by atoms with Gasteiger partial charge in [-0.05, 0) is 25.7 Å². The van der Waals surface area contributed by atoms with Gasteiger partial charge in [-0.25, -0.2) is 0 Å². The zero-order chi connectivity index (χ0) is 16.2. The van der Waals surface area contributed by atoms with Crippen LogP contribution >= 0.6 is 0 Å². The maximum Gasteiger partial charge on any atom is 0.184 e. The Bertz CT molecular complexity index is 470. The van der Waals surface area contributed by atoms with Crippen molar-refractivity contribution in [2.75, 3.05) is 6.61 Å². The van der Waals surface area contributed by atoms with Gasteiger partial charge in [0, 0.05) is 25.7 Å². The third-order valence-electron chi connectivity index (χ3n) is 6.40. The number of aliphatic hydroxyl groups excluding tert-OH is 1. The summed E-state index contributed by atoms with van der Waals surface area (Å²) in [5.74, 6) is -0.949. The van der Waals surface area contributed by atoms with E-state index in [1.807, 2.05) is 0 Å². The summed E-state index contributed by atoms with van der Waals surface area (Å²) < 4.78 is 30.6. The summed E-state index contributed by atoms with van der Waals surface area (Å²) in [6, 6.07) is 0. The molecule has 2 saturated carbocycles. The van der Waals surface area contributed by atoms with Crippen LogP contribution in [-0.4, -0.2) is 54.0 Å². The van der Waals surface area contributed by atoms with E-state index in [9.17, 15) is 5.11 Å². The molecule has 24 heavy (non-hydrogen) atoms. The van der Waals surface area contributed by atoms with E-state index >= 15 is 0 Å². The molecule has 0 unspecified atom stereocenters. The predicted octanol–water partition coefficient (Wildman–Crippen LogP) is 2.22. The van der Waals surface area contributed by atoms with Crippen molar-refractivity contribution in [2.45, 2.75) is 106 Å². The molecule has 3 heterocycles. The van der Waals surface area contributed by atoms with Crippen LogP contribution in [0.25, 0.3) is 0 Å². The Labute approximate surface area is 142 Å². The Hall–Kier alpha value is -0.240. The second kappa shape index (κ2) is 5.89. The quantitative estimate of drug-likeness (QED) is 0.789. The summed E-state index contributed by atoms with van der Waals surface area (Å²) in [6.45, 7) is 0.511. The van der Waals surface area contributed by atoms with E-state index in [4.69, 9.17) is 23.7 Å². The van der Waals surface area contributed by atoms with Gasteiger partial charge in [0.2, 0.25) is 0 Å². The lowest BCUT2D eigenvalue weighted by Gasteiger charge is -2.35. The summed E-state index contributed by atoms with van der Waals surface area (Å²) >= 11 is 0. The molecule has 5 rings (SSSR count). The largest absolute Gasteiger partial charge is 0.366 e. The summed E-state index contributed by atoms with van der Waals surface area (Å²) in [7, 11) is 0. The Balaban J connectivity index is 1.30. The second-order valence-electron chi connectivity index (χ2n) is 8.07. The fourth-order valence-electron chi connectivity index (χ4n) is 5.17. The van der Waals surface area contributed by atoms with Crippen molar-refractivity contribution in [1.82, 2.24) is 0 Å². The molecule has 136 valence electrons. The number of fused-ring (bicyclic) bond motifs is 1. The topological polar surface area (TPSA) is 66.4 Å². The van der Waals surface area contributed by atoms with Crippen molar-refractivity contribution in [2.24, 2.45) is 0 Å². The first-order chi connectivity index (χ1) is 11.7. The minimum Gasteiger partial charge on any atom is -0.366 e. The van der Waals surface area contributed by atoms with Crippen LogP contribution in [0.4, 0.5) is 0 Å². The minimum absolute atomic E-state index is 0.185. The average Bonchev–Trinajstić information content (AvgIpc) is 3.24. The van der Waals surface area contributed by atoms with Crippen molar-refractivity contribution in [1.29, 1.82) is 0 Å². The maximum atomic E-state index is 10.3. The fourth-order valence-corrected chi connectivity index (χ4v) is 5.17. The molecule has 0 radical (unpaired) electrons. The standard InChI is InChI=1S/C18H28O6/c19-16-15-14(23-18(24-15)9-5-2-6-10-18)13(21-16)12-11-20-17(22-12)7-3-1-4-8-17/h12-16,19H,1-11H2/t12-,13+,14+,15-,16+/m0/s1. The molecule has 3 aliphatic heterocycles. The van der Waals surface area contributed by atoms with Crippen LogP contribution in [0.2, 0.25) is 0 Å². The molecule has 5 atom stereocenters. The van der Waals surface area contributed by atoms with Crippen molar-refractivity contribution < 1.29 is 28.8 Å². The van der Waals surface area contributed by atoms with Crippen LogP contribution in [0.5, 0.6) is 0 Å². The lowest BCUT2D eigenvalue weighted by molar-refractivity contribution is -0.260. The van der Waals surface area contributed by atoms with Gasteiger partial charge in [-0.1, -0.05) is 12.8 Å². The number of hydrogen-bond acceptors (Lipinski definition) is 6. The molecule has 1 N–H and O–H groups in total. The highest BCUT2D eigenvalue weighted by Gasteiger charge is 2.61. The molecule has 2 spiro atoms.